The van der Waals surface area contributed by atoms with E-state index in [0.717, 1.165) is 17.0 Å². The van der Waals surface area contributed by atoms with Crippen molar-refractivity contribution < 1.29 is 0 Å². The van der Waals surface area contributed by atoms with Crippen LogP contribution in [0.4, 0.5) is 5.69 Å². The largest absolute Gasteiger partial charge is 0.398 e. The lowest BCUT2D eigenvalue weighted by Gasteiger charge is -2.07. The Labute approximate surface area is 133 Å². The summed E-state index contributed by atoms with van der Waals surface area (Å²) in [5.41, 5.74) is 10.6. The number of nitrogens with zero attached hydrogens (tertiary/aromatic N) is 4. The minimum absolute atomic E-state index is 0.187. The number of hydrogen-bond acceptors (Lipinski definition) is 5. The zero-order valence-corrected chi connectivity index (χ0v) is 13.2. The summed E-state index contributed by atoms with van der Waals surface area (Å²) in [6.07, 6.45) is 0.520. The molecule has 1 aromatic carbocycles. The van der Waals surface area contributed by atoms with Gasteiger partial charge in [-0.05, 0) is 29.1 Å². The predicted molar refractivity (Wildman–Crippen MR) is 88.2 cm³/mol. The Morgan fingerprint density at radius 2 is 1.95 bits per heavy atom. The van der Waals surface area contributed by atoms with Crippen LogP contribution in [0.5, 0.6) is 0 Å². The first kappa shape index (κ1) is 14.6. The number of benzene rings is 1. The summed E-state index contributed by atoms with van der Waals surface area (Å²) in [6.45, 7) is 4.07. The van der Waals surface area contributed by atoms with Crippen LogP contribution in [0.2, 0.25) is 5.28 Å². The van der Waals surface area contributed by atoms with Crippen LogP contribution in [0.1, 0.15) is 36.7 Å². The summed E-state index contributed by atoms with van der Waals surface area (Å²) >= 11 is 6.08. The molecule has 4 N–H and O–H groups in total. The highest BCUT2D eigenvalue weighted by Gasteiger charge is 2.19. The monoisotopic (exact) mass is 316 g/mol. The molecule has 0 fully saturated rings. The van der Waals surface area contributed by atoms with Gasteiger partial charge in [0.15, 0.2) is 0 Å². The number of nitrogens with two attached hydrogens (primary N) is 2. The number of anilines is 1. The second-order valence-electron chi connectivity index (χ2n) is 5.50. The lowest BCUT2D eigenvalue weighted by atomic mass is 10.1. The Bertz CT molecular complexity index is 839. The number of nitrogen functional groups attached to an aromatic ring is 2. The average molecular weight is 317 g/mol. The van der Waals surface area contributed by atoms with Crippen molar-refractivity contribution in [2.24, 2.45) is 0 Å². The molecule has 0 amide bonds. The minimum Gasteiger partial charge on any atom is -0.398 e. The van der Waals surface area contributed by atoms with Gasteiger partial charge < -0.3 is 11.6 Å². The summed E-state index contributed by atoms with van der Waals surface area (Å²) in [5.74, 6) is 6.20. The SMILES string of the molecule is CC(C)c1nn(N)c2c(Cc3ccccc3N)nc(Cl)nc12. The predicted octanol–water partition coefficient (Wildman–Crippen LogP) is 2.49. The van der Waals surface area contributed by atoms with E-state index >= 15 is 0 Å². The Balaban J connectivity index is 2.19. The zero-order chi connectivity index (χ0) is 15.9. The molecule has 2 aromatic heterocycles. The van der Waals surface area contributed by atoms with E-state index in [1.54, 1.807) is 0 Å². The molecule has 0 atom stereocenters. The first-order valence-electron chi connectivity index (χ1n) is 7.01. The zero-order valence-electron chi connectivity index (χ0n) is 12.4. The number of fused-ring (bicyclic) bond motifs is 1. The molecule has 0 aliphatic rings. The van der Waals surface area contributed by atoms with Gasteiger partial charge in [0.1, 0.15) is 11.0 Å². The number of aromatic nitrogens is 4. The molecule has 0 bridgehead atoms. The van der Waals surface area contributed by atoms with E-state index in [9.17, 15) is 0 Å². The van der Waals surface area contributed by atoms with E-state index < -0.39 is 0 Å². The molecule has 114 valence electrons. The molecule has 0 aliphatic carbocycles. The highest BCUT2D eigenvalue weighted by Crippen LogP contribution is 2.27. The van der Waals surface area contributed by atoms with Crippen molar-refractivity contribution in [3.63, 3.8) is 0 Å². The number of rotatable bonds is 3. The molecular weight excluding hydrogens is 300 g/mol. The van der Waals surface area contributed by atoms with Crippen LogP contribution in [-0.4, -0.2) is 19.9 Å². The highest BCUT2D eigenvalue weighted by molar-refractivity contribution is 6.28. The molecule has 0 aliphatic heterocycles. The van der Waals surface area contributed by atoms with Crippen molar-refractivity contribution in [1.29, 1.82) is 0 Å². The highest BCUT2D eigenvalue weighted by atomic mass is 35.5. The van der Waals surface area contributed by atoms with Crippen molar-refractivity contribution in [3.8, 4) is 0 Å². The molecule has 0 saturated heterocycles. The van der Waals surface area contributed by atoms with Gasteiger partial charge in [-0.2, -0.15) is 9.89 Å². The maximum atomic E-state index is 6.08. The Hall–Kier alpha value is -2.34. The molecule has 0 spiro atoms. The van der Waals surface area contributed by atoms with Gasteiger partial charge in [0.05, 0.1) is 11.4 Å². The number of hydrogen-bond donors (Lipinski definition) is 2. The smallest absolute Gasteiger partial charge is 0.223 e. The second kappa shape index (κ2) is 5.46. The number of para-hydroxylation sites is 1. The minimum atomic E-state index is 0.187. The lowest BCUT2D eigenvalue weighted by Crippen LogP contribution is -2.12. The van der Waals surface area contributed by atoms with E-state index in [0.29, 0.717) is 23.1 Å². The van der Waals surface area contributed by atoms with Crippen molar-refractivity contribution in [1.82, 2.24) is 19.9 Å². The van der Waals surface area contributed by atoms with Crippen molar-refractivity contribution in [2.75, 3.05) is 11.6 Å². The molecule has 6 nitrogen and oxygen atoms in total. The molecule has 3 rings (SSSR count). The van der Waals surface area contributed by atoms with Gasteiger partial charge in [-0.3, -0.25) is 0 Å². The number of halogens is 1. The van der Waals surface area contributed by atoms with Gasteiger partial charge in [-0.25, -0.2) is 9.97 Å². The molecule has 0 saturated carbocycles. The molecule has 2 heterocycles. The van der Waals surface area contributed by atoms with Crippen LogP contribution in [0, 0.1) is 0 Å². The van der Waals surface area contributed by atoms with Gasteiger partial charge in [0, 0.05) is 12.1 Å². The van der Waals surface area contributed by atoms with Crippen LogP contribution >= 0.6 is 11.6 Å². The fourth-order valence-corrected chi connectivity index (χ4v) is 2.68. The topological polar surface area (TPSA) is 95.6 Å². The van der Waals surface area contributed by atoms with E-state index in [1.807, 2.05) is 38.1 Å². The Morgan fingerprint density at radius 3 is 2.64 bits per heavy atom. The summed E-state index contributed by atoms with van der Waals surface area (Å²) in [6, 6.07) is 7.64. The van der Waals surface area contributed by atoms with E-state index in [2.05, 4.69) is 15.1 Å². The third kappa shape index (κ3) is 2.46. The van der Waals surface area contributed by atoms with Crippen LogP contribution < -0.4 is 11.6 Å². The maximum absolute atomic E-state index is 6.08. The molecule has 22 heavy (non-hydrogen) atoms. The summed E-state index contributed by atoms with van der Waals surface area (Å²) in [7, 11) is 0. The maximum Gasteiger partial charge on any atom is 0.223 e. The fraction of sp³-hybridized carbons (Fsp3) is 0.267. The van der Waals surface area contributed by atoms with Crippen LogP contribution in [0.3, 0.4) is 0 Å². The van der Waals surface area contributed by atoms with Crippen LogP contribution in [-0.2, 0) is 6.42 Å². The first-order valence-corrected chi connectivity index (χ1v) is 7.38. The van der Waals surface area contributed by atoms with Crippen LogP contribution in [0.15, 0.2) is 24.3 Å². The summed E-state index contributed by atoms with van der Waals surface area (Å²) < 4.78 is 0. The lowest BCUT2D eigenvalue weighted by molar-refractivity contribution is 0.758. The molecule has 7 heteroatoms. The Morgan fingerprint density at radius 1 is 1.23 bits per heavy atom. The van der Waals surface area contributed by atoms with E-state index in [-0.39, 0.29) is 11.2 Å². The van der Waals surface area contributed by atoms with E-state index in [1.165, 1.54) is 4.79 Å². The van der Waals surface area contributed by atoms with Crippen molar-refractivity contribution in [2.45, 2.75) is 26.2 Å². The molecule has 3 aromatic rings. The van der Waals surface area contributed by atoms with Gasteiger partial charge >= 0.3 is 0 Å². The molecular formula is C15H17ClN6. The second-order valence-corrected chi connectivity index (χ2v) is 5.83. The quantitative estimate of drug-likeness (QED) is 0.439. The van der Waals surface area contributed by atoms with Crippen LogP contribution in [0.25, 0.3) is 11.0 Å². The summed E-state index contributed by atoms with van der Waals surface area (Å²) in [4.78, 5) is 9.96. The van der Waals surface area contributed by atoms with Crippen molar-refractivity contribution >= 4 is 28.3 Å². The van der Waals surface area contributed by atoms with E-state index in [4.69, 9.17) is 23.2 Å². The first-order chi connectivity index (χ1) is 10.5. The fourth-order valence-electron chi connectivity index (χ4n) is 2.49. The van der Waals surface area contributed by atoms with Gasteiger partial charge in [-0.1, -0.05) is 32.0 Å². The standard InChI is InChI=1S/C15H17ClN6/c1-8(2)12-13-14(22(18)21-12)11(19-15(16)20-13)7-9-5-3-4-6-10(9)17/h3-6,8H,7,17-18H2,1-2H3. The molecule has 0 unspecified atom stereocenters. The normalized spacial score (nSPS) is 11.5. The molecule has 0 radical (unpaired) electrons. The average Bonchev–Trinajstić information content (AvgIpc) is 2.78. The van der Waals surface area contributed by atoms with Gasteiger partial charge in [-0.15, -0.1) is 0 Å². The van der Waals surface area contributed by atoms with Crippen molar-refractivity contribution in [3.05, 3.63) is 46.5 Å². The Kier molecular flexibility index (Phi) is 3.62. The third-order valence-corrected chi connectivity index (χ3v) is 3.75. The third-order valence-electron chi connectivity index (χ3n) is 3.58. The van der Waals surface area contributed by atoms with Gasteiger partial charge in [0.25, 0.3) is 0 Å². The van der Waals surface area contributed by atoms with Gasteiger partial charge in [0.2, 0.25) is 5.28 Å². The summed E-state index contributed by atoms with van der Waals surface area (Å²) in [5, 5.41) is 4.54.